The Morgan fingerprint density at radius 1 is 0.879 bits per heavy atom. The molecule has 2 aromatic carbocycles. The Morgan fingerprint density at radius 3 is 1.94 bits per heavy atom. The average Bonchev–Trinajstić information content (AvgIpc) is 2.99. The maximum absolute atomic E-state index is 13.1. The molecule has 2 bridgehead atoms. The second-order valence-electron chi connectivity index (χ2n) is 8.79. The molecule has 3 nitrogen and oxygen atoms in total. The molecule has 178 valence electrons. The van der Waals surface area contributed by atoms with E-state index in [1.165, 1.54) is 5.56 Å². The highest BCUT2D eigenvalue weighted by molar-refractivity contribution is 5.94. The van der Waals surface area contributed by atoms with Gasteiger partial charge in [-0.25, -0.2) is 0 Å². The van der Waals surface area contributed by atoms with Gasteiger partial charge >= 0.3 is 12.4 Å². The van der Waals surface area contributed by atoms with Gasteiger partial charge in [0.1, 0.15) is 0 Å². The molecule has 1 amide bonds. The van der Waals surface area contributed by atoms with Crippen LogP contribution in [0.2, 0.25) is 0 Å². The number of carbonyl (C=O) groups excluding carboxylic acids is 1. The third kappa shape index (κ3) is 5.51. The first-order chi connectivity index (χ1) is 15.5. The van der Waals surface area contributed by atoms with Gasteiger partial charge in [0.25, 0.3) is 5.91 Å². The van der Waals surface area contributed by atoms with E-state index < -0.39 is 35.0 Å². The van der Waals surface area contributed by atoms with Gasteiger partial charge in [-0.15, -0.1) is 0 Å². The van der Waals surface area contributed by atoms with Crippen molar-refractivity contribution in [3.63, 3.8) is 0 Å². The molecule has 1 N–H and O–H groups in total. The van der Waals surface area contributed by atoms with E-state index in [-0.39, 0.29) is 24.2 Å². The number of amides is 1. The van der Waals surface area contributed by atoms with Gasteiger partial charge in [-0.2, -0.15) is 26.3 Å². The Hall–Kier alpha value is -2.55. The maximum atomic E-state index is 13.1. The van der Waals surface area contributed by atoms with E-state index in [0.717, 1.165) is 25.8 Å². The molecule has 2 heterocycles. The fraction of sp³-hybridized carbons (Fsp3) is 0.458. The molecule has 33 heavy (non-hydrogen) atoms. The number of halogens is 6. The van der Waals surface area contributed by atoms with Crippen molar-refractivity contribution in [3.05, 3.63) is 70.8 Å². The molecule has 0 spiro atoms. The molecule has 9 heteroatoms. The molecule has 2 aliphatic rings. The zero-order valence-corrected chi connectivity index (χ0v) is 17.7. The highest BCUT2D eigenvalue weighted by Gasteiger charge is 2.41. The van der Waals surface area contributed by atoms with Gasteiger partial charge in [-0.1, -0.05) is 30.3 Å². The predicted octanol–water partition coefficient (Wildman–Crippen LogP) is 5.69. The highest BCUT2D eigenvalue weighted by atomic mass is 19.4. The summed E-state index contributed by atoms with van der Waals surface area (Å²) in [4.78, 5) is 15.1. The second kappa shape index (κ2) is 9.00. The molecule has 0 aliphatic carbocycles. The zero-order chi connectivity index (χ0) is 23.8. The van der Waals surface area contributed by atoms with E-state index in [1.54, 1.807) is 0 Å². The van der Waals surface area contributed by atoms with Crippen LogP contribution in [0.15, 0.2) is 48.5 Å². The van der Waals surface area contributed by atoms with E-state index >= 15 is 0 Å². The van der Waals surface area contributed by atoms with E-state index in [9.17, 15) is 31.1 Å². The van der Waals surface area contributed by atoms with Gasteiger partial charge in [-0.05, 0) is 55.9 Å². The lowest BCUT2D eigenvalue weighted by Gasteiger charge is -2.39. The van der Waals surface area contributed by atoms with E-state index in [4.69, 9.17) is 0 Å². The van der Waals surface area contributed by atoms with E-state index in [2.05, 4.69) is 22.3 Å². The lowest BCUT2D eigenvalue weighted by molar-refractivity contribution is -0.143. The number of alkyl halides is 6. The molecular weight excluding hydrogens is 446 g/mol. The first kappa shape index (κ1) is 23.6. The Labute approximate surface area is 187 Å². The number of nitrogens with zero attached hydrogens (tertiary/aromatic N) is 1. The number of piperidine rings is 1. The summed E-state index contributed by atoms with van der Waals surface area (Å²) in [5, 5.41) is 2.69. The normalized spacial score (nSPS) is 23.5. The summed E-state index contributed by atoms with van der Waals surface area (Å²) in [7, 11) is 0. The Balaban J connectivity index is 1.43. The van der Waals surface area contributed by atoms with Crippen LogP contribution in [-0.2, 0) is 18.8 Å². The number of nitrogens with one attached hydrogen (secondary N) is 1. The minimum atomic E-state index is -4.99. The summed E-state index contributed by atoms with van der Waals surface area (Å²) >= 11 is 0. The fourth-order valence-corrected chi connectivity index (χ4v) is 5.01. The van der Waals surface area contributed by atoms with Crippen LogP contribution in [-0.4, -0.2) is 35.5 Å². The Bertz CT molecular complexity index is 942. The third-order valence-electron chi connectivity index (χ3n) is 6.57. The smallest absolute Gasteiger partial charge is 0.349 e. The quantitative estimate of drug-likeness (QED) is 0.570. The summed E-state index contributed by atoms with van der Waals surface area (Å²) < 4.78 is 78.6. The van der Waals surface area contributed by atoms with Crippen LogP contribution in [0.4, 0.5) is 26.3 Å². The monoisotopic (exact) mass is 470 g/mol. The Morgan fingerprint density at radius 2 is 1.42 bits per heavy atom. The first-order valence-electron chi connectivity index (χ1n) is 10.9. The van der Waals surface area contributed by atoms with Crippen LogP contribution in [0.3, 0.4) is 0 Å². The van der Waals surface area contributed by atoms with Gasteiger partial charge < -0.3 is 5.32 Å². The Kier molecular flexibility index (Phi) is 6.44. The van der Waals surface area contributed by atoms with E-state index in [1.807, 2.05) is 18.2 Å². The van der Waals surface area contributed by atoms with Crippen molar-refractivity contribution >= 4 is 5.91 Å². The number of fused-ring (bicyclic) bond motifs is 2. The van der Waals surface area contributed by atoms with Crippen LogP contribution in [0.1, 0.15) is 52.7 Å². The van der Waals surface area contributed by atoms with Crippen molar-refractivity contribution in [1.82, 2.24) is 10.2 Å². The minimum Gasteiger partial charge on any atom is -0.349 e. The number of benzene rings is 2. The standard InChI is InChI=1S/C24H24F6N2O/c25-23(26,27)17-10-16(11-18(12-17)24(28,29)30)22(33)31-19-13-20-6-7-21(14-19)32(20)9-8-15-4-2-1-3-5-15/h1-5,10-12,19-21H,6-9,13-14H2,(H,31,33)/t19?,20-,21+. The summed E-state index contributed by atoms with van der Waals surface area (Å²) in [6.45, 7) is 0.878. The number of carbonyl (C=O) groups is 1. The van der Waals surface area contributed by atoms with Gasteiger partial charge in [0, 0.05) is 30.2 Å². The second-order valence-corrected chi connectivity index (χ2v) is 8.79. The molecule has 2 saturated heterocycles. The lowest BCUT2D eigenvalue weighted by atomic mass is 9.96. The molecule has 4 rings (SSSR count). The van der Waals surface area contributed by atoms with Crippen LogP contribution in [0, 0.1) is 0 Å². The highest BCUT2D eigenvalue weighted by Crippen LogP contribution is 2.38. The molecular formula is C24H24F6N2O. The van der Waals surface area contributed by atoms with Crippen molar-refractivity contribution < 1.29 is 31.1 Å². The van der Waals surface area contributed by atoms with Crippen molar-refractivity contribution in [2.75, 3.05) is 6.54 Å². The predicted molar refractivity (Wildman–Crippen MR) is 111 cm³/mol. The van der Waals surface area contributed by atoms with Crippen molar-refractivity contribution in [1.29, 1.82) is 0 Å². The number of hydrogen-bond donors (Lipinski definition) is 1. The molecule has 3 atom stereocenters. The summed E-state index contributed by atoms with van der Waals surface area (Å²) in [5.41, 5.74) is -2.37. The van der Waals surface area contributed by atoms with Gasteiger partial charge in [0.2, 0.25) is 0 Å². The van der Waals surface area contributed by atoms with Crippen LogP contribution >= 0.6 is 0 Å². The largest absolute Gasteiger partial charge is 0.416 e. The third-order valence-corrected chi connectivity index (χ3v) is 6.57. The SMILES string of the molecule is O=C(NC1C[C@H]2CC[C@@H](C1)N2CCc1ccccc1)c1cc(C(F)(F)F)cc(C(F)(F)F)c1. The number of rotatable bonds is 5. The average molecular weight is 470 g/mol. The van der Waals surface area contributed by atoms with Crippen molar-refractivity contribution in [2.24, 2.45) is 0 Å². The van der Waals surface area contributed by atoms with Gasteiger partial charge in [0.15, 0.2) is 0 Å². The van der Waals surface area contributed by atoms with Crippen LogP contribution in [0.25, 0.3) is 0 Å². The lowest BCUT2D eigenvalue weighted by Crippen LogP contribution is -2.50. The van der Waals surface area contributed by atoms with Crippen molar-refractivity contribution in [3.8, 4) is 0 Å². The molecule has 2 aliphatic heterocycles. The first-order valence-corrected chi connectivity index (χ1v) is 10.9. The van der Waals surface area contributed by atoms with Crippen molar-refractivity contribution in [2.45, 2.75) is 62.6 Å². The summed E-state index contributed by atoms with van der Waals surface area (Å²) in [6.07, 6.45) is -5.89. The summed E-state index contributed by atoms with van der Waals surface area (Å²) in [6, 6.07) is 11.3. The molecule has 0 aromatic heterocycles. The van der Waals surface area contributed by atoms with E-state index in [0.29, 0.717) is 25.0 Å². The van der Waals surface area contributed by atoms with Crippen LogP contribution in [0.5, 0.6) is 0 Å². The molecule has 0 saturated carbocycles. The van der Waals surface area contributed by atoms with Gasteiger partial charge in [0.05, 0.1) is 11.1 Å². The van der Waals surface area contributed by atoms with Gasteiger partial charge in [-0.3, -0.25) is 9.69 Å². The molecule has 2 aromatic rings. The fourth-order valence-electron chi connectivity index (χ4n) is 5.01. The maximum Gasteiger partial charge on any atom is 0.416 e. The topological polar surface area (TPSA) is 32.3 Å². The zero-order valence-electron chi connectivity index (χ0n) is 17.7. The summed E-state index contributed by atoms with van der Waals surface area (Å²) in [5.74, 6) is -0.909. The number of hydrogen-bond acceptors (Lipinski definition) is 2. The molecule has 1 unspecified atom stereocenters. The molecule has 0 radical (unpaired) electrons. The van der Waals surface area contributed by atoms with Crippen LogP contribution < -0.4 is 5.32 Å². The minimum absolute atomic E-state index is 0.0300. The molecule has 2 fully saturated rings.